The van der Waals surface area contributed by atoms with E-state index in [0.29, 0.717) is 17.9 Å². The SMILES string of the molecule is CN1CCN2c3ncc(C(F)(F)F)cc3CNC[C@H]2C1. The molecule has 0 bridgehead atoms. The Balaban J connectivity index is 1.96. The highest BCUT2D eigenvalue weighted by Gasteiger charge is 2.34. The Morgan fingerprint density at radius 2 is 2.15 bits per heavy atom. The van der Waals surface area contributed by atoms with Crippen molar-refractivity contribution in [3.8, 4) is 0 Å². The monoisotopic (exact) mass is 286 g/mol. The summed E-state index contributed by atoms with van der Waals surface area (Å²) >= 11 is 0. The topological polar surface area (TPSA) is 31.4 Å². The zero-order valence-corrected chi connectivity index (χ0v) is 11.2. The van der Waals surface area contributed by atoms with Crippen molar-refractivity contribution in [1.82, 2.24) is 15.2 Å². The molecule has 0 amide bonds. The van der Waals surface area contributed by atoms with Crippen LogP contribution in [0.4, 0.5) is 19.0 Å². The smallest absolute Gasteiger partial charge is 0.350 e. The molecule has 2 aliphatic heterocycles. The molecule has 3 heterocycles. The van der Waals surface area contributed by atoms with Crippen molar-refractivity contribution in [3.63, 3.8) is 0 Å². The number of rotatable bonds is 0. The van der Waals surface area contributed by atoms with Crippen molar-refractivity contribution in [2.24, 2.45) is 0 Å². The van der Waals surface area contributed by atoms with E-state index in [1.54, 1.807) is 0 Å². The molecule has 3 rings (SSSR count). The Morgan fingerprint density at radius 1 is 1.35 bits per heavy atom. The second-order valence-corrected chi connectivity index (χ2v) is 5.44. The van der Waals surface area contributed by atoms with E-state index in [1.165, 1.54) is 6.07 Å². The van der Waals surface area contributed by atoms with Crippen LogP contribution < -0.4 is 10.2 Å². The Hall–Kier alpha value is -1.34. The largest absolute Gasteiger partial charge is 0.417 e. The van der Waals surface area contributed by atoms with Gasteiger partial charge in [0.1, 0.15) is 5.82 Å². The van der Waals surface area contributed by atoms with Crippen molar-refractivity contribution in [3.05, 3.63) is 23.4 Å². The van der Waals surface area contributed by atoms with E-state index >= 15 is 0 Å². The lowest BCUT2D eigenvalue weighted by molar-refractivity contribution is -0.137. The molecule has 2 aliphatic rings. The van der Waals surface area contributed by atoms with Gasteiger partial charge in [0.15, 0.2) is 0 Å². The minimum atomic E-state index is -4.34. The fourth-order valence-corrected chi connectivity index (χ4v) is 2.88. The Morgan fingerprint density at radius 3 is 2.90 bits per heavy atom. The zero-order chi connectivity index (χ0) is 14.3. The molecule has 20 heavy (non-hydrogen) atoms. The van der Waals surface area contributed by atoms with Crippen LogP contribution in [0, 0.1) is 0 Å². The van der Waals surface area contributed by atoms with Gasteiger partial charge in [-0.15, -0.1) is 0 Å². The molecule has 0 aromatic carbocycles. The quantitative estimate of drug-likeness (QED) is 0.779. The lowest BCUT2D eigenvalue weighted by Gasteiger charge is -2.40. The third-order valence-electron chi connectivity index (χ3n) is 3.92. The molecular weight excluding hydrogens is 269 g/mol. The summed E-state index contributed by atoms with van der Waals surface area (Å²) in [7, 11) is 2.06. The molecule has 0 radical (unpaired) electrons. The number of likely N-dealkylation sites (N-methyl/N-ethyl adjacent to an activating group) is 1. The third-order valence-corrected chi connectivity index (χ3v) is 3.92. The number of aromatic nitrogens is 1. The summed E-state index contributed by atoms with van der Waals surface area (Å²) in [5.74, 6) is 0.695. The molecule has 1 aromatic heterocycles. The van der Waals surface area contributed by atoms with Crippen LogP contribution in [0.2, 0.25) is 0 Å². The summed E-state index contributed by atoms with van der Waals surface area (Å²) < 4.78 is 38.3. The van der Waals surface area contributed by atoms with Crippen LogP contribution in [0.25, 0.3) is 0 Å². The minimum absolute atomic E-state index is 0.263. The second-order valence-electron chi connectivity index (χ2n) is 5.44. The van der Waals surface area contributed by atoms with Gasteiger partial charge >= 0.3 is 6.18 Å². The van der Waals surface area contributed by atoms with Gasteiger partial charge in [0, 0.05) is 44.5 Å². The first-order valence-electron chi connectivity index (χ1n) is 6.67. The van der Waals surface area contributed by atoms with E-state index in [1.807, 2.05) is 0 Å². The number of piperazine rings is 1. The summed E-state index contributed by atoms with van der Waals surface area (Å²) in [4.78, 5) is 8.47. The van der Waals surface area contributed by atoms with E-state index in [9.17, 15) is 13.2 Å². The van der Waals surface area contributed by atoms with Crippen LogP contribution in [0.1, 0.15) is 11.1 Å². The number of hydrogen-bond donors (Lipinski definition) is 1. The highest BCUT2D eigenvalue weighted by atomic mass is 19.4. The molecule has 1 atom stereocenters. The van der Waals surface area contributed by atoms with Gasteiger partial charge in [0.05, 0.1) is 11.6 Å². The summed E-state index contributed by atoms with van der Waals surface area (Å²) in [6.07, 6.45) is -3.39. The van der Waals surface area contributed by atoms with Gasteiger partial charge in [-0.1, -0.05) is 0 Å². The molecule has 1 fully saturated rings. The number of hydrogen-bond acceptors (Lipinski definition) is 4. The van der Waals surface area contributed by atoms with E-state index in [2.05, 4.69) is 27.1 Å². The molecule has 0 aliphatic carbocycles. The van der Waals surface area contributed by atoms with Crippen molar-refractivity contribution in [1.29, 1.82) is 0 Å². The predicted octanol–water partition coefficient (Wildman–Crippen LogP) is 1.32. The van der Waals surface area contributed by atoms with Crippen LogP contribution in [0.5, 0.6) is 0 Å². The normalized spacial score (nSPS) is 24.0. The first-order valence-corrected chi connectivity index (χ1v) is 6.67. The van der Waals surface area contributed by atoms with Gasteiger partial charge in [-0.25, -0.2) is 4.98 Å². The minimum Gasteiger partial charge on any atom is -0.350 e. The number of nitrogens with zero attached hydrogens (tertiary/aromatic N) is 3. The lowest BCUT2D eigenvalue weighted by atomic mass is 10.1. The van der Waals surface area contributed by atoms with E-state index in [0.717, 1.165) is 32.4 Å². The molecule has 110 valence electrons. The maximum atomic E-state index is 12.8. The average molecular weight is 286 g/mol. The Labute approximate surface area is 115 Å². The van der Waals surface area contributed by atoms with E-state index in [4.69, 9.17) is 0 Å². The fourth-order valence-electron chi connectivity index (χ4n) is 2.88. The number of halogens is 3. The summed E-state index contributed by atoms with van der Waals surface area (Å²) in [6, 6.07) is 1.48. The van der Waals surface area contributed by atoms with E-state index < -0.39 is 11.7 Å². The summed E-state index contributed by atoms with van der Waals surface area (Å²) in [5.41, 5.74) is -0.0440. The van der Waals surface area contributed by atoms with Gasteiger partial charge in [-0.05, 0) is 13.1 Å². The Bertz CT molecular complexity index is 503. The van der Waals surface area contributed by atoms with Crippen molar-refractivity contribution in [2.75, 3.05) is 38.1 Å². The number of pyridine rings is 1. The number of anilines is 1. The third kappa shape index (κ3) is 2.47. The van der Waals surface area contributed by atoms with Crippen molar-refractivity contribution < 1.29 is 13.2 Å². The van der Waals surface area contributed by atoms with Crippen LogP contribution >= 0.6 is 0 Å². The fraction of sp³-hybridized carbons (Fsp3) is 0.615. The Kier molecular flexibility index (Phi) is 3.33. The van der Waals surface area contributed by atoms with Gasteiger partial charge < -0.3 is 15.1 Å². The van der Waals surface area contributed by atoms with Gasteiger partial charge in [-0.3, -0.25) is 0 Å². The first kappa shape index (κ1) is 13.6. The summed E-state index contributed by atoms with van der Waals surface area (Å²) in [6.45, 7) is 3.80. The molecule has 7 heteroatoms. The van der Waals surface area contributed by atoms with Gasteiger partial charge in [-0.2, -0.15) is 13.2 Å². The molecule has 4 nitrogen and oxygen atoms in total. The first-order chi connectivity index (χ1) is 9.45. The standard InChI is InChI=1S/C13H17F3N4/c1-19-2-3-20-11(8-19)7-17-5-9-4-10(13(14,15)16)6-18-12(9)20/h4,6,11,17H,2-3,5,7-8H2,1H3/t11-/m0/s1. The molecule has 1 aromatic rings. The molecule has 0 saturated carbocycles. The molecule has 0 spiro atoms. The maximum absolute atomic E-state index is 12.8. The number of alkyl halides is 3. The molecule has 0 unspecified atom stereocenters. The van der Waals surface area contributed by atoms with Crippen molar-refractivity contribution >= 4 is 5.82 Å². The lowest BCUT2D eigenvalue weighted by Crippen LogP contribution is -2.54. The van der Waals surface area contributed by atoms with Crippen LogP contribution in [-0.4, -0.2) is 49.2 Å². The second kappa shape index (κ2) is 4.89. The van der Waals surface area contributed by atoms with Crippen LogP contribution in [0.3, 0.4) is 0 Å². The average Bonchev–Trinajstić information content (AvgIpc) is 2.55. The predicted molar refractivity (Wildman–Crippen MR) is 69.6 cm³/mol. The number of nitrogens with one attached hydrogen (secondary N) is 1. The van der Waals surface area contributed by atoms with Crippen LogP contribution in [-0.2, 0) is 12.7 Å². The highest BCUT2D eigenvalue weighted by molar-refractivity contribution is 5.51. The summed E-state index contributed by atoms with van der Waals surface area (Å²) in [5, 5.41) is 3.23. The van der Waals surface area contributed by atoms with Crippen molar-refractivity contribution in [2.45, 2.75) is 18.8 Å². The zero-order valence-electron chi connectivity index (χ0n) is 11.2. The van der Waals surface area contributed by atoms with Crippen LogP contribution in [0.15, 0.2) is 12.3 Å². The van der Waals surface area contributed by atoms with Gasteiger partial charge in [0.2, 0.25) is 0 Å². The molecule has 1 saturated heterocycles. The van der Waals surface area contributed by atoms with E-state index in [-0.39, 0.29) is 6.04 Å². The highest BCUT2D eigenvalue weighted by Crippen LogP contribution is 2.33. The molecule has 1 N–H and O–H groups in total. The maximum Gasteiger partial charge on any atom is 0.417 e. The molecular formula is C13H17F3N4. The van der Waals surface area contributed by atoms with Gasteiger partial charge in [0.25, 0.3) is 0 Å². The number of fused-ring (bicyclic) bond motifs is 3.